The average molecular weight is 387 g/mol. The number of hydrogen-bond donors (Lipinski definition) is 3. The number of nitrogens with one attached hydrogen (secondary N) is 3. The van der Waals surface area contributed by atoms with Crippen molar-refractivity contribution in [3.63, 3.8) is 0 Å². The third-order valence-corrected chi connectivity index (χ3v) is 4.74. The number of carbonyl (C=O) groups is 2. The normalized spacial score (nSPS) is 16.4. The summed E-state index contributed by atoms with van der Waals surface area (Å²) >= 11 is 0. The first kappa shape index (κ1) is 22.3. The molecule has 146 valence electrons. The van der Waals surface area contributed by atoms with Gasteiger partial charge in [0.1, 0.15) is 5.82 Å². The molecule has 0 aliphatic carbocycles. The number of urea groups is 1. The standard InChI is InChI=1S/C18H27FN4O2.ClH/c1-13(23-11-8-14(9-12-23)7-10-20-2)17(24)22-18(25)21-16-6-4-3-5-15(16)19;/h3-6,13-14,20H,7-12H2,1-2H3,(H2,21,22,24,25);1H. The molecular weight excluding hydrogens is 359 g/mol. The topological polar surface area (TPSA) is 73.5 Å². The lowest BCUT2D eigenvalue weighted by molar-refractivity contribution is -0.125. The second-order valence-electron chi connectivity index (χ2n) is 6.47. The number of amides is 3. The van der Waals surface area contributed by atoms with Gasteiger partial charge in [0.15, 0.2) is 0 Å². The van der Waals surface area contributed by atoms with Gasteiger partial charge in [0.05, 0.1) is 11.7 Å². The minimum absolute atomic E-state index is 0. The highest BCUT2D eigenvalue weighted by molar-refractivity contribution is 6.02. The Morgan fingerprint density at radius 1 is 1.27 bits per heavy atom. The summed E-state index contributed by atoms with van der Waals surface area (Å²) in [4.78, 5) is 26.2. The van der Waals surface area contributed by atoms with E-state index in [2.05, 4.69) is 20.9 Å². The number of rotatable bonds is 6. The molecule has 1 aromatic carbocycles. The zero-order valence-electron chi connectivity index (χ0n) is 15.3. The Hall–Kier alpha value is -1.70. The predicted molar refractivity (Wildman–Crippen MR) is 103 cm³/mol. The lowest BCUT2D eigenvalue weighted by Crippen LogP contribution is -2.50. The van der Waals surface area contributed by atoms with Gasteiger partial charge in [-0.05, 0) is 70.9 Å². The maximum atomic E-state index is 13.5. The smallest absolute Gasteiger partial charge is 0.320 e. The van der Waals surface area contributed by atoms with Crippen LogP contribution in [0.4, 0.5) is 14.9 Å². The van der Waals surface area contributed by atoms with Gasteiger partial charge in [-0.3, -0.25) is 15.0 Å². The molecule has 2 rings (SSSR count). The Kier molecular flexibility index (Phi) is 9.54. The fraction of sp³-hybridized carbons (Fsp3) is 0.556. The fourth-order valence-electron chi connectivity index (χ4n) is 3.08. The second kappa shape index (κ2) is 11.1. The van der Waals surface area contributed by atoms with Crippen molar-refractivity contribution in [2.24, 2.45) is 5.92 Å². The van der Waals surface area contributed by atoms with Crippen molar-refractivity contribution in [2.75, 3.05) is 32.0 Å². The third-order valence-electron chi connectivity index (χ3n) is 4.74. The monoisotopic (exact) mass is 386 g/mol. The van der Waals surface area contributed by atoms with Crippen LogP contribution in [0.5, 0.6) is 0 Å². The van der Waals surface area contributed by atoms with Crippen LogP contribution in [0, 0.1) is 11.7 Å². The van der Waals surface area contributed by atoms with Crippen molar-refractivity contribution in [3.8, 4) is 0 Å². The van der Waals surface area contributed by atoms with E-state index < -0.39 is 17.9 Å². The lowest BCUT2D eigenvalue weighted by Gasteiger charge is -2.35. The van der Waals surface area contributed by atoms with Crippen LogP contribution in [0.3, 0.4) is 0 Å². The number of imide groups is 1. The van der Waals surface area contributed by atoms with Gasteiger partial charge in [-0.1, -0.05) is 12.1 Å². The van der Waals surface area contributed by atoms with Crippen molar-refractivity contribution >= 4 is 30.0 Å². The summed E-state index contributed by atoms with van der Waals surface area (Å²) in [5.41, 5.74) is 0.0470. The van der Waals surface area contributed by atoms with E-state index in [-0.39, 0.29) is 24.0 Å². The van der Waals surface area contributed by atoms with Crippen molar-refractivity contribution in [3.05, 3.63) is 30.1 Å². The van der Waals surface area contributed by atoms with Crippen LogP contribution >= 0.6 is 12.4 Å². The largest absolute Gasteiger partial charge is 0.326 e. The molecular formula is C18H28ClFN4O2. The summed E-state index contributed by atoms with van der Waals surface area (Å²) < 4.78 is 13.5. The van der Waals surface area contributed by atoms with Gasteiger partial charge in [0, 0.05) is 0 Å². The Morgan fingerprint density at radius 2 is 1.92 bits per heavy atom. The van der Waals surface area contributed by atoms with Gasteiger partial charge in [0.25, 0.3) is 0 Å². The average Bonchev–Trinajstić information content (AvgIpc) is 2.61. The number of benzene rings is 1. The molecule has 1 saturated heterocycles. The zero-order chi connectivity index (χ0) is 18.2. The SMILES string of the molecule is CNCCC1CCN(C(C)C(=O)NC(=O)Nc2ccccc2F)CC1.Cl. The maximum absolute atomic E-state index is 13.5. The van der Waals surface area contributed by atoms with E-state index in [1.165, 1.54) is 18.2 Å². The van der Waals surface area contributed by atoms with E-state index in [4.69, 9.17) is 0 Å². The zero-order valence-corrected chi connectivity index (χ0v) is 16.1. The van der Waals surface area contributed by atoms with E-state index in [0.29, 0.717) is 5.92 Å². The molecule has 0 saturated carbocycles. The number of anilines is 1. The summed E-state index contributed by atoms with van der Waals surface area (Å²) in [6, 6.07) is 4.73. The quantitative estimate of drug-likeness (QED) is 0.702. The number of para-hydroxylation sites is 1. The van der Waals surface area contributed by atoms with Gasteiger partial charge < -0.3 is 10.6 Å². The van der Waals surface area contributed by atoms with Gasteiger partial charge in [-0.25, -0.2) is 9.18 Å². The molecule has 1 heterocycles. The molecule has 1 fully saturated rings. The molecule has 0 bridgehead atoms. The Morgan fingerprint density at radius 3 is 2.54 bits per heavy atom. The molecule has 1 aliphatic rings. The second-order valence-corrected chi connectivity index (χ2v) is 6.47. The number of likely N-dealkylation sites (tertiary alicyclic amines) is 1. The fourth-order valence-corrected chi connectivity index (χ4v) is 3.08. The van der Waals surface area contributed by atoms with Gasteiger partial charge in [-0.2, -0.15) is 0 Å². The van der Waals surface area contributed by atoms with E-state index in [0.717, 1.165) is 38.9 Å². The predicted octanol–water partition coefficient (Wildman–Crippen LogP) is 2.61. The Bertz CT molecular complexity index is 594. The minimum Gasteiger partial charge on any atom is -0.320 e. The van der Waals surface area contributed by atoms with Crippen molar-refractivity contribution in [1.82, 2.24) is 15.5 Å². The van der Waals surface area contributed by atoms with E-state index in [1.54, 1.807) is 13.0 Å². The minimum atomic E-state index is -0.717. The summed E-state index contributed by atoms with van der Waals surface area (Å²) in [6.45, 7) is 4.49. The highest BCUT2D eigenvalue weighted by atomic mass is 35.5. The van der Waals surface area contributed by atoms with Crippen molar-refractivity contribution in [1.29, 1.82) is 0 Å². The van der Waals surface area contributed by atoms with E-state index >= 15 is 0 Å². The van der Waals surface area contributed by atoms with Crippen LogP contribution in [-0.4, -0.2) is 49.6 Å². The van der Waals surface area contributed by atoms with Gasteiger partial charge >= 0.3 is 6.03 Å². The molecule has 0 aromatic heterocycles. The van der Waals surface area contributed by atoms with Crippen molar-refractivity contribution in [2.45, 2.75) is 32.2 Å². The molecule has 1 aromatic rings. The highest BCUT2D eigenvalue weighted by Crippen LogP contribution is 2.21. The molecule has 0 spiro atoms. The summed E-state index contributed by atoms with van der Waals surface area (Å²) in [7, 11) is 1.95. The molecule has 6 nitrogen and oxygen atoms in total. The Labute approximate surface area is 160 Å². The van der Waals surface area contributed by atoms with Gasteiger partial charge in [0.2, 0.25) is 5.91 Å². The number of halogens is 2. The molecule has 26 heavy (non-hydrogen) atoms. The van der Waals surface area contributed by atoms with Crippen LogP contribution in [0.2, 0.25) is 0 Å². The summed E-state index contributed by atoms with van der Waals surface area (Å²) in [5.74, 6) is -0.229. The molecule has 1 unspecified atom stereocenters. The maximum Gasteiger partial charge on any atom is 0.326 e. The molecule has 0 radical (unpaired) electrons. The first-order valence-electron chi connectivity index (χ1n) is 8.76. The van der Waals surface area contributed by atoms with Gasteiger partial charge in [-0.15, -0.1) is 12.4 Å². The summed E-state index contributed by atoms with van der Waals surface area (Å²) in [6.07, 6.45) is 3.26. The number of carbonyl (C=O) groups excluding carboxylic acids is 2. The first-order chi connectivity index (χ1) is 12.0. The highest BCUT2D eigenvalue weighted by Gasteiger charge is 2.27. The number of piperidine rings is 1. The van der Waals surface area contributed by atoms with Crippen molar-refractivity contribution < 1.29 is 14.0 Å². The molecule has 1 atom stereocenters. The number of hydrogen-bond acceptors (Lipinski definition) is 4. The molecule has 1 aliphatic heterocycles. The molecule has 8 heteroatoms. The molecule has 3 amide bonds. The van der Waals surface area contributed by atoms with Crippen LogP contribution in [0.25, 0.3) is 0 Å². The third kappa shape index (κ3) is 6.55. The van der Waals surface area contributed by atoms with Crippen LogP contribution in [0.15, 0.2) is 24.3 Å². The lowest BCUT2D eigenvalue weighted by atomic mass is 9.93. The van der Waals surface area contributed by atoms with Crippen LogP contribution in [0.1, 0.15) is 26.2 Å². The van der Waals surface area contributed by atoms with E-state index in [9.17, 15) is 14.0 Å². The number of nitrogens with zero attached hydrogens (tertiary/aromatic N) is 1. The first-order valence-corrected chi connectivity index (χ1v) is 8.76. The van der Waals surface area contributed by atoms with Crippen LogP contribution in [-0.2, 0) is 4.79 Å². The summed E-state index contributed by atoms with van der Waals surface area (Å²) in [5, 5.41) is 7.81. The van der Waals surface area contributed by atoms with Crippen LogP contribution < -0.4 is 16.0 Å². The molecule has 3 N–H and O–H groups in total. The Balaban J connectivity index is 0.00000338. The van der Waals surface area contributed by atoms with E-state index in [1.807, 2.05) is 7.05 Å².